The molecule has 0 saturated carbocycles. The third-order valence-electron chi connectivity index (χ3n) is 5.38. The first-order chi connectivity index (χ1) is 17.9. The van der Waals surface area contributed by atoms with Crippen LogP contribution < -0.4 is 14.4 Å². The van der Waals surface area contributed by atoms with E-state index in [1.165, 1.54) is 18.2 Å². The Balaban J connectivity index is 0.000000505. The second kappa shape index (κ2) is 11.6. The van der Waals surface area contributed by atoms with Gasteiger partial charge in [-0.3, -0.25) is 9.10 Å². The molecule has 0 spiro atoms. The topological polar surface area (TPSA) is 75.7 Å². The molecule has 1 amide bonds. The molecule has 0 unspecified atom stereocenters. The summed E-state index contributed by atoms with van der Waals surface area (Å²) >= 11 is 0. The van der Waals surface area contributed by atoms with Crippen LogP contribution in [-0.4, -0.2) is 34.5 Å². The molecule has 38 heavy (non-hydrogen) atoms. The molecule has 1 aliphatic heterocycles. The van der Waals surface area contributed by atoms with Crippen LogP contribution in [0.5, 0.6) is 5.75 Å². The van der Waals surface area contributed by atoms with Crippen LogP contribution in [0.15, 0.2) is 78.2 Å². The van der Waals surface area contributed by atoms with Crippen molar-refractivity contribution in [3.8, 4) is 16.9 Å². The van der Waals surface area contributed by atoms with E-state index in [1.807, 2.05) is 0 Å². The second-order valence-corrected chi connectivity index (χ2v) is 9.79. The predicted octanol–water partition coefficient (Wildman–Crippen LogP) is 5.55. The molecule has 0 bridgehead atoms. The Morgan fingerprint density at radius 3 is 2.47 bits per heavy atom. The number of fused-ring (bicyclic) bond motifs is 1. The normalized spacial score (nSPS) is 12.9. The Morgan fingerprint density at radius 2 is 1.84 bits per heavy atom. The van der Waals surface area contributed by atoms with Crippen molar-refractivity contribution in [1.82, 2.24) is 5.32 Å². The maximum atomic E-state index is 14.2. The zero-order chi connectivity index (χ0) is 28.1. The zero-order valence-electron chi connectivity index (χ0n) is 20.1. The molecule has 3 aromatic carbocycles. The van der Waals surface area contributed by atoms with E-state index in [1.54, 1.807) is 13.1 Å². The quantitative estimate of drug-likeness (QED) is 0.332. The number of halogens is 5. The largest absolute Gasteiger partial charge is 0.489 e. The molecule has 0 aliphatic carbocycles. The van der Waals surface area contributed by atoms with Crippen LogP contribution >= 0.6 is 0 Å². The number of hydrogen-bond donors (Lipinski definition) is 1. The number of rotatable bonds is 5. The summed E-state index contributed by atoms with van der Waals surface area (Å²) in [4.78, 5) is 9.69. The highest BCUT2D eigenvalue weighted by atomic mass is 32.2. The number of anilines is 1. The molecule has 0 radical (unpaired) electrons. The number of benzene rings is 3. The van der Waals surface area contributed by atoms with Crippen molar-refractivity contribution in [3.05, 3.63) is 90.5 Å². The van der Waals surface area contributed by atoms with Gasteiger partial charge in [0, 0.05) is 19.0 Å². The van der Waals surface area contributed by atoms with Crippen molar-refractivity contribution < 1.29 is 39.9 Å². The molecule has 0 saturated heterocycles. The highest BCUT2D eigenvalue weighted by Crippen LogP contribution is 2.40. The molecule has 0 fully saturated rings. The Morgan fingerprint density at radius 1 is 1.11 bits per heavy atom. The third kappa shape index (κ3) is 6.49. The lowest BCUT2D eigenvalue weighted by molar-refractivity contribution is -0.137. The maximum absolute atomic E-state index is 14.2. The third-order valence-corrected chi connectivity index (χ3v) is 7.19. The minimum Gasteiger partial charge on any atom is -0.489 e. The number of amides is 1. The van der Waals surface area contributed by atoms with Gasteiger partial charge in [-0.15, -0.1) is 6.58 Å². The summed E-state index contributed by atoms with van der Waals surface area (Å²) in [6, 6.07) is 10.4. The molecule has 1 heterocycles. The molecule has 1 aliphatic rings. The predicted molar refractivity (Wildman–Crippen MR) is 132 cm³/mol. The SMILES string of the molecule is C=CCC(=O)NC.O=S(=O)(c1cccc(C(F)(F)F)c1)N1CCOc2ccc(-c3cc(F)ccc3F)cc21. The van der Waals surface area contributed by atoms with Gasteiger partial charge in [-0.1, -0.05) is 18.2 Å². The van der Waals surface area contributed by atoms with Gasteiger partial charge in [0.1, 0.15) is 24.0 Å². The number of alkyl halides is 3. The lowest BCUT2D eigenvalue weighted by atomic mass is 10.0. The minimum atomic E-state index is -4.71. The van der Waals surface area contributed by atoms with Crippen molar-refractivity contribution in [3.63, 3.8) is 0 Å². The van der Waals surface area contributed by atoms with Gasteiger partial charge in [-0.2, -0.15) is 13.2 Å². The van der Waals surface area contributed by atoms with Crippen molar-refractivity contribution in [2.45, 2.75) is 17.5 Å². The van der Waals surface area contributed by atoms with Gasteiger partial charge in [-0.05, 0) is 54.1 Å². The molecular formula is C26H23F5N2O4S. The van der Waals surface area contributed by atoms with E-state index in [0.29, 0.717) is 12.5 Å². The Bertz CT molecular complexity index is 1440. The second-order valence-electron chi connectivity index (χ2n) is 7.92. The van der Waals surface area contributed by atoms with Crippen LogP contribution in [0.4, 0.5) is 27.6 Å². The maximum Gasteiger partial charge on any atom is 0.416 e. The van der Waals surface area contributed by atoms with Crippen LogP contribution in [0.3, 0.4) is 0 Å². The summed E-state index contributed by atoms with van der Waals surface area (Å²) in [6.07, 6.45) is -2.73. The Labute approximate surface area is 216 Å². The van der Waals surface area contributed by atoms with Gasteiger partial charge in [0.25, 0.3) is 10.0 Å². The highest BCUT2D eigenvalue weighted by molar-refractivity contribution is 7.92. The van der Waals surface area contributed by atoms with Gasteiger partial charge in [0.05, 0.1) is 22.7 Å². The first kappa shape index (κ1) is 28.6. The molecule has 1 N–H and O–H groups in total. The number of ether oxygens (including phenoxy) is 1. The molecule has 202 valence electrons. The van der Waals surface area contributed by atoms with Gasteiger partial charge in [0.2, 0.25) is 5.91 Å². The molecule has 6 nitrogen and oxygen atoms in total. The van der Waals surface area contributed by atoms with E-state index in [2.05, 4.69) is 11.9 Å². The number of nitrogens with zero attached hydrogens (tertiary/aromatic N) is 1. The number of sulfonamides is 1. The van der Waals surface area contributed by atoms with Crippen LogP contribution in [0, 0.1) is 11.6 Å². The van der Waals surface area contributed by atoms with E-state index < -0.39 is 38.3 Å². The van der Waals surface area contributed by atoms with E-state index in [0.717, 1.165) is 40.7 Å². The average molecular weight is 555 g/mol. The number of hydrogen-bond acceptors (Lipinski definition) is 4. The van der Waals surface area contributed by atoms with Gasteiger partial charge < -0.3 is 10.1 Å². The van der Waals surface area contributed by atoms with Crippen LogP contribution in [0.25, 0.3) is 11.1 Å². The molecule has 12 heteroatoms. The van der Waals surface area contributed by atoms with Gasteiger partial charge in [-0.25, -0.2) is 17.2 Å². The Kier molecular flexibility index (Phi) is 8.77. The molecule has 4 rings (SSSR count). The fraction of sp³-hybridized carbons (Fsp3) is 0.192. The molecule has 3 aromatic rings. The summed E-state index contributed by atoms with van der Waals surface area (Å²) in [6.45, 7) is 3.19. The van der Waals surface area contributed by atoms with E-state index in [-0.39, 0.29) is 41.6 Å². The molecule has 0 aromatic heterocycles. The summed E-state index contributed by atoms with van der Waals surface area (Å²) < 4.78 is 99.7. The van der Waals surface area contributed by atoms with Crippen LogP contribution in [0.1, 0.15) is 12.0 Å². The lowest BCUT2D eigenvalue weighted by Gasteiger charge is -2.31. The Hall–Kier alpha value is -3.93. The monoisotopic (exact) mass is 554 g/mol. The fourth-order valence-corrected chi connectivity index (χ4v) is 5.02. The standard InChI is InChI=1S/C21H14F5NO3S.C5H9NO/c22-15-5-6-18(23)17(12-15)13-4-7-20-19(10-13)27(8-9-30-20)31(28,29)16-3-1-2-14(11-16)21(24,25)26;1-3-4-5(7)6-2/h1-7,10-12H,8-9H2;3H,1,4H2,2H3,(H,6,7). The first-order valence-electron chi connectivity index (χ1n) is 11.1. The average Bonchev–Trinajstić information content (AvgIpc) is 2.89. The molecular weight excluding hydrogens is 531 g/mol. The number of nitrogens with one attached hydrogen (secondary N) is 1. The fourth-order valence-electron chi connectivity index (χ4n) is 3.52. The zero-order valence-corrected chi connectivity index (χ0v) is 20.9. The highest BCUT2D eigenvalue weighted by Gasteiger charge is 2.35. The van der Waals surface area contributed by atoms with Crippen LogP contribution in [0.2, 0.25) is 0 Å². The summed E-state index contributed by atoms with van der Waals surface area (Å²) in [5, 5.41) is 2.46. The van der Waals surface area contributed by atoms with Crippen molar-refractivity contribution in [2.75, 3.05) is 24.5 Å². The van der Waals surface area contributed by atoms with E-state index in [4.69, 9.17) is 4.74 Å². The summed E-state index contributed by atoms with van der Waals surface area (Å²) in [7, 11) is -2.79. The van der Waals surface area contributed by atoms with Crippen molar-refractivity contribution in [1.29, 1.82) is 0 Å². The smallest absolute Gasteiger partial charge is 0.416 e. The van der Waals surface area contributed by atoms with Crippen molar-refractivity contribution >= 4 is 21.6 Å². The summed E-state index contributed by atoms with van der Waals surface area (Å²) in [5.41, 5.74) is -0.988. The lowest BCUT2D eigenvalue weighted by Crippen LogP contribution is -2.38. The van der Waals surface area contributed by atoms with Gasteiger partial charge in [0.15, 0.2) is 0 Å². The van der Waals surface area contributed by atoms with E-state index in [9.17, 15) is 35.2 Å². The number of carbonyl (C=O) groups is 1. The molecule has 0 atom stereocenters. The first-order valence-corrected chi connectivity index (χ1v) is 12.6. The van der Waals surface area contributed by atoms with Crippen molar-refractivity contribution in [2.24, 2.45) is 0 Å². The van der Waals surface area contributed by atoms with Gasteiger partial charge >= 0.3 is 6.18 Å². The number of carbonyl (C=O) groups excluding carboxylic acids is 1. The van der Waals surface area contributed by atoms with Crippen LogP contribution in [-0.2, 0) is 21.0 Å². The minimum absolute atomic E-state index is 0.00926. The van der Waals surface area contributed by atoms with E-state index >= 15 is 0 Å². The summed E-state index contributed by atoms with van der Waals surface area (Å²) in [5.74, 6) is -1.23.